The molecule has 0 bridgehead atoms. The molecule has 0 saturated carbocycles. The second kappa shape index (κ2) is 7.61. The van der Waals surface area contributed by atoms with Gasteiger partial charge in [-0.05, 0) is 31.4 Å². The minimum Gasteiger partial charge on any atom is -0.481 e. The summed E-state index contributed by atoms with van der Waals surface area (Å²) in [7, 11) is 0. The lowest BCUT2D eigenvalue weighted by Crippen LogP contribution is -2.37. The van der Waals surface area contributed by atoms with Crippen LogP contribution in [0.2, 0.25) is 0 Å². The van der Waals surface area contributed by atoms with Gasteiger partial charge in [-0.15, -0.1) is 0 Å². The summed E-state index contributed by atoms with van der Waals surface area (Å²) < 4.78 is 18.6. The third kappa shape index (κ3) is 5.81. The van der Waals surface area contributed by atoms with Crippen LogP contribution in [-0.4, -0.2) is 29.6 Å². The lowest BCUT2D eigenvalue weighted by Gasteiger charge is -2.15. The van der Waals surface area contributed by atoms with Gasteiger partial charge in [0.15, 0.2) is 6.10 Å². The number of amides is 1. The highest BCUT2D eigenvalue weighted by molar-refractivity contribution is 5.88. The molecule has 1 amide bonds. The summed E-state index contributed by atoms with van der Waals surface area (Å²) in [5, 5.41) is 11.6. The van der Waals surface area contributed by atoms with E-state index in [1.54, 1.807) is 0 Å². The van der Waals surface area contributed by atoms with Gasteiger partial charge in [0.25, 0.3) is 5.91 Å². The van der Waals surface area contributed by atoms with E-state index >= 15 is 0 Å². The molecule has 1 aromatic rings. The average molecular weight is 297 g/mol. The summed E-state index contributed by atoms with van der Waals surface area (Å²) in [6.45, 7) is 6.16. The quantitative estimate of drug-likeness (QED) is 0.810. The number of hydrogen-bond donors (Lipinski definition) is 2. The fourth-order valence-corrected chi connectivity index (χ4v) is 1.64. The third-order valence-electron chi connectivity index (χ3n) is 2.82. The molecule has 0 spiro atoms. The molecule has 0 aromatic heterocycles. The Labute approximate surface area is 123 Å². The lowest BCUT2D eigenvalue weighted by molar-refractivity contribution is -0.127. The smallest absolute Gasteiger partial charge is 0.335 e. The van der Waals surface area contributed by atoms with Crippen molar-refractivity contribution in [1.82, 2.24) is 5.32 Å². The molecule has 1 rings (SSSR count). The Morgan fingerprint density at radius 3 is 2.52 bits per heavy atom. The largest absolute Gasteiger partial charge is 0.481 e. The second-order valence-corrected chi connectivity index (χ2v) is 5.21. The molecular formula is C15H20FNO4. The van der Waals surface area contributed by atoms with Crippen LogP contribution in [0.25, 0.3) is 0 Å². The molecule has 0 saturated heterocycles. The van der Waals surface area contributed by atoms with Crippen LogP contribution in [0.4, 0.5) is 4.39 Å². The number of hydrogen-bond acceptors (Lipinski definition) is 3. The molecule has 1 aromatic carbocycles. The van der Waals surface area contributed by atoms with Gasteiger partial charge < -0.3 is 15.2 Å². The Hall–Kier alpha value is -2.11. The Balaban J connectivity index is 2.63. The van der Waals surface area contributed by atoms with Gasteiger partial charge in [0, 0.05) is 12.6 Å². The maximum absolute atomic E-state index is 13.3. The van der Waals surface area contributed by atoms with E-state index in [1.165, 1.54) is 13.0 Å². The molecule has 0 fully saturated rings. The Morgan fingerprint density at radius 1 is 1.29 bits per heavy atom. The van der Waals surface area contributed by atoms with Crippen molar-refractivity contribution in [3.05, 3.63) is 29.6 Å². The number of nitrogens with one attached hydrogen (secondary N) is 1. The molecule has 5 nitrogen and oxygen atoms in total. The molecule has 6 heteroatoms. The highest BCUT2D eigenvalue weighted by atomic mass is 19.1. The number of carbonyl (C=O) groups excluding carboxylic acids is 1. The number of carbonyl (C=O) groups is 2. The summed E-state index contributed by atoms with van der Waals surface area (Å²) in [4.78, 5) is 22.6. The minimum absolute atomic E-state index is 0.0129. The number of halogens is 1. The summed E-state index contributed by atoms with van der Waals surface area (Å²) in [6, 6.07) is 3.12. The van der Waals surface area contributed by atoms with Crippen LogP contribution in [0.1, 0.15) is 37.6 Å². The molecular weight excluding hydrogens is 277 g/mol. The van der Waals surface area contributed by atoms with Gasteiger partial charge in [0.2, 0.25) is 0 Å². The van der Waals surface area contributed by atoms with Crippen molar-refractivity contribution in [3.63, 3.8) is 0 Å². The first kappa shape index (κ1) is 16.9. The van der Waals surface area contributed by atoms with Crippen molar-refractivity contribution in [2.24, 2.45) is 5.92 Å². The highest BCUT2D eigenvalue weighted by Gasteiger charge is 2.16. The predicted molar refractivity (Wildman–Crippen MR) is 75.9 cm³/mol. The first-order chi connectivity index (χ1) is 9.79. The lowest BCUT2D eigenvalue weighted by atomic mass is 10.1. The predicted octanol–water partition coefficient (Wildman–Crippen LogP) is 2.45. The van der Waals surface area contributed by atoms with E-state index in [9.17, 15) is 14.0 Å². The van der Waals surface area contributed by atoms with Crippen LogP contribution >= 0.6 is 0 Å². The van der Waals surface area contributed by atoms with Crippen molar-refractivity contribution in [1.29, 1.82) is 0 Å². The fourth-order valence-electron chi connectivity index (χ4n) is 1.64. The third-order valence-corrected chi connectivity index (χ3v) is 2.82. The number of rotatable bonds is 7. The summed E-state index contributed by atoms with van der Waals surface area (Å²) in [5.74, 6) is -1.82. The molecule has 0 aliphatic heterocycles. The van der Waals surface area contributed by atoms with E-state index in [0.29, 0.717) is 12.5 Å². The van der Waals surface area contributed by atoms with E-state index in [-0.39, 0.29) is 17.2 Å². The zero-order chi connectivity index (χ0) is 16.0. The Morgan fingerprint density at radius 2 is 1.95 bits per heavy atom. The van der Waals surface area contributed by atoms with Crippen LogP contribution in [0, 0.1) is 11.7 Å². The zero-order valence-electron chi connectivity index (χ0n) is 12.4. The van der Waals surface area contributed by atoms with Crippen molar-refractivity contribution in [2.45, 2.75) is 33.3 Å². The molecule has 0 radical (unpaired) electrons. The Bertz CT molecular complexity index is 516. The van der Waals surface area contributed by atoms with Gasteiger partial charge in [0.05, 0.1) is 5.56 Å². The van der Waals surface area contributed by atoms with Gasteiger partial charge in [0.1, 0.15) is 11.6 Å². The average Bonchev–Trinajstić information content (AvgIpc) is 2.37. The van der Waals surface area contributed by atoms with Gasteiger partial charge >= 0.3 is 5.97 Å². The van der Waals surface area contributed by atoms with Gasteiger partial charge in [-0.3, -0.25) is 4.79 Å². The normalized spacial score (nSPS) is 12.0. The summed E-state index contributed by atoms with van der Waals surface area (Å²) in [6.07, 6.45) is 0.0160. The van der Waals surface area contributed by atoms with Gasteiger partial charge in [-0.2, -0.15) is 0 Å². The van der Waals surface area contributed by atoms with Gasteiger partial charge in [-0.1, -0.05) is 13.8 Å². The first-order valence-corrected chi connectivity index (χ1v) is 6.78. The van der Waals surface area contributed by atoms with Crippen LogP contribution < -0.4 is 10.1 Å². The van der Waals surface area contributed by atoms with E-state index in [2.05, 4.69) is 5.32 Å². The molecule has 116 valence electrons. The number of carboxylic acid groups (broad SMARTS) is 1. The van der Waals surface area contributed by atoms with E-state index in [4.69, 9.17) is 9.84 Å². The SMILES string of the molecule is CC(C)CCNC(=O)C(C)Oc1cc(F)cc(C(=O)O)c1. The summed E-state index contributed by atoms with van der Waals surface area (Å²) >= 11 is 0. The van der Waals surface area contributed by atoms with Crippen LogP contribution in [0.5, 0.6) is 5.75 Å². The van der Waals surface area contributed by atoms with Crippen molar-refractivity contribution >= 4 is 11.9 Å². The van der Waals surface area contributed by atoms with E-state index in [0.717, 1.165) is 18.6 Å². The van der Waals surface area contributed by atoms with Crippen LogP contribution in [0.3, 0.4) is 0 Å². The van der Waals surface area contributed by atoms with Crippen LogP contribution in [-0.2, 0) is 4.79 Å². The summed E-state index contributed by atoms with van der Waals surface area (Å²) in [5.41, 5.74) is -0.225. The maximum Gasteiger partial charge on any atom is 0.335 e. The molecule has 21 heavy (non-hydrogen) atoms. The monoisotopic (exact) mass is 297 g/mol. The van der Waals surface area contributed by atoms with E-state index < -0.39 is 17.9 Å². The number of benzene rings is 1. The van der Waals surface area contributed by atoms with E-state index in [1.807, 2.05) is 13.8 Å². The fraction of sp³-hybridized carbons (Fsp3) is 0.467. The number of ether oxygens (including phenoxy) is 1. The van der Waals surface area contributed by atoms with Crippen molar-refractivity contribution in [2.75, 3.05) is 6.54 Å². The number of carboxylic acids is 1. The highest BCUT2D eigenvalue weighted by Crippen LogP contribution is 2.18. The standard InChI is InChI=1S/C15H20FNO4/c1-9(2)4-5-17-14(18)10(3)21-13-7-11(15(19)20)6-12(16)8-13/h6-10H,4-5H2,1-3H3,(H,17,18)(H,19,20). The second-order valence-electron chi connectivity index (χ2n) is 5.21. The molecule has 0 heterocycles. The Kier molecular flexibility index (Phi) is 6.14. The molecule has 1 unspecified atom stereocenters. The minimum atomic E-state index is -1.26. The topological polar surface area (TPSA) is 75.6 Å². The molecule has 0 aliphatic carbocycles. The molecule has 2 N–H and O–H groups in total. The molecule has 0 aliphatic rings. The maximum atomic E-state index is 13.3. The van der Waals surface area contributed by atoms with Gasteiger partial charge in [-0.25, -0.2) is 9.18 Å². The van der Waals surface area contributed by atoms with Crippen molar-refractivity contribution in [3.8, 4) is 5.75 Å². The zero-order valence-corrected chi connectivity index (χ0v) is 12.4. The first-order valence-electron chi connectivity index (χ1n) is 6.78. The number of aromatic carboxylic acids is 1. The van der Waals surface area contributed by atoms with Crippen molar-refractivity contribution < 1.29 is 23.8 Å². The van der Waals surface area contributed by atoms with Crippen LogP contribution in [0.15, 0.2) is 18.2 Å². The molecule has 1 atom stereocenters.